The minimum atomic E-state index is 0.364. The summed E-state index contributed by atoms with van der Waals surface area (Å²) in [6.45, 7) is 3.88. The molecule has 0 heterocycles. The Morgan fingerprint density at radius 2 is 1.00 bits per heavy atom. The van der Waals surface area contributed by atoms with Gasteiger partial charge in [-0.05, 0) is 71.5 Å². The standard InChI is InChI=1S/C33H65NO/c1-4-5-6-7-8-9-10-11-12-13-14-15-16-17-19-22-25-28-33(30-31-34(2)3)29-26-23-20-18-21-24-27-32-35/h8-9,11-12,33,35H,4-7,10,13-32H2,1-3H3/b9-8-,12-11-. The predicted octanol–water partition coefficient (Wildman–Crippen LogP) is 10.3. The highest BCUT2D eigenvalue weighted by molar-refractivity contribution is 4.92. The molecule has 2 heteroatoms. The molecule has 0 saturated carbocycles. The Hall–Kier alpha value is -0.600. The molecular weight excluding hydrogens is 426 g/mol. The third-order valence-electron chi connectivity index (χ3n) is 7.32. The quantitative estimate of drug-likeness (QED) is 0.0869. The summed E-state index contributed by atoms with van der Waals surface area (Å²) in [6, 6.07) is 0. The molecule has 0 aromatic heterocycles. The van der Waals surface area contributed by atoms with Crippen molar-refractivity contribution in [2.24, 2.45) is 5.92 Å². The molecule has 0 rings (SSSR count). The molecule has 0 radical (unpaired) electrons. The lowest BCUT2D eigenvalue weighted by atomic mass is 9.91. The lowest BCUT2D eigenvalue weighted by Gasteiger charge is -2.19. The summed E-state index contributed by atoms with van der Waals surface area (Å²) in [5, 5.41) is 8.87. The summed E-state index contributed by atoms with van der Waals surface area (Å²) >= 11 is 0. The molecule has 0 fully saturated rings. The van der Waals surface area contributed by atoms with Crippen LogP contribution in [-0.4, -0.2) is 37.3 Å². The lowest BCUT2D eigenvalue weighted by molar-refractivity contribution is 0.282. The lowest BCUT2D eigenvalue weighted by Crippen LogP contribution is -2.17. The largest absolute Gasteiger partial charge is 0.396 e. The maximum Gasteiger partial charge on any atom is 0.0431 e. The van der Waals surface area contributed by atoms with E-state index < -0.39 is 0 Å². The Morgan fingerprint density at radius 3 is 1.49 bits per heavy atom. The average Bonchev–Trinajstić information content (AvgIpc) is 2.85. The van der Waals surface area contributed by atoms with Crippen molar-refractivity contribution in [1.29, 1.82) is 0 Å². The fourth-order valence-corrected chi connectivity index (χ4v) is 4.90. The third kappa shape index (κ3) is 29.5. The maximum absolute atomic E-state index is 8.87. The summed E-state index contributed by atoms with van der Waals surface area (Å²) in [5.74, 6) is 0.935. The van der Waals surface area contributed by atoms with Gasteiger partial charge in [0.05, 0.1) is 0 Å². The fraction of sp³-hybridized carbons (Fsp3) is 0.879. The van der Waals surface area contributed by atoms with Crippen molar-refractivity contribution >= 4 is 0 Å². The first kappa shape index (κ1) is 34.4. The van der Waals surface area contributed by atoms with Gasteiger partial charge in [0, 0.05) is 6.61 Å². The van der Waals surface area contributed by atoms with E-state index in [1.807, 2.05) is 0 Å². The van der Waals surface area contributed by atoms with Gasteiger partial charge >= 0.3 is 0 Å². The van der Waals surface area contributed by atoms with Crippen LogP contribution in [0.5, 0.6) is 0 Å². The monoisotopic (exact) mass is 492 g/mol. The number of rotatable bonds is 28. The third-order valence-corrected chi connectivity index (χ3v) is 7.32. The zero-order chi connectivity index (χ0) is 25.7. The van der Waals surface area contributed by atoms with Crippen molar-refractivity contribution < 1.29 is 5.11 Å². The van der Waals surface area contributed by atoms with Gasteiger partial charge in [0.15, 0.2) is 0 Å². The van der Waals surface area contributed by atoms with E-state index in [2.05, 4.69) is 50.2 Å². The van der Waals surface area contributed by atoms with E-state index in [1.165, 1.54) is 141 Å². The molecule has 1 unspecified atom stereocenters. The van der Waals surface area contributed by atoms with Crippen LogP contribution in [0.1, 0.15) is 155 Å². The second-order valence-electron chi connectivity index (χ2n) is 11.2. The van der Waals surface area contributed by atoms with Crippen molar-refractivity contribution in [1.82, 2.24) is 4.90 Å². The first-order chi connectivity index (χ1) is 17.2. The van der Waals surface area contributed by atoms with Crippen LogP contribution < -0.4 is 0 Å². The van der Waals surface area contributed by atoms with Crippen molar-refractivity contribution in [2.75, 3.05) is 27.2 Å². The number of unbranched alkanes of at least 4 members (excludes halogenated alkanes) is 16. The molecular formula is C33H65NO. The Labute approximate surface area is 222 Å². The molecule has 208 valence electrons. The first-order valence-electron chi connectivity index (χ1n) is 15.8. The smallest absolute Gasteiger partial charge is 0.0431 e. The van der Waals surface area contributed by atoms with Crippen molar-refractivity contribution in [3.8, 4) is 0 Å². The number of aliphatic hydroxyl groups is 1. The predicted molar refractivity (Wildman–Crippen MR) is 159 cm³/mol. The molecule has 0 aliphatic heterocycles. The second kappa shape index (κ2) is 29.6. The van der Waals surface area contributed by atoms with E-state index >= 15 is 0 Å². The molecule has 35 heavy (non-hydrogen) atoms. The zero-order valence-corrected chi connectivity index (χ0v) is 24.5. The molecule has 1 atom stereocenters. The Bertz CT molecular complexity index is 442. The van der Waals surface area contributed by atoms with E-state index in [0.29, 0.717) is 6.61 Å². The summed E-state index contributed by atoms with van der Waals surface area (Å²) in [5.41, 5.74) is 0. The van der Waals surface area contributed by atoms with Crippen LogP contribution in [0.25, 0.3) is 0 Å². The zero-order valence-electron chi connectivity index (χ0n) is 24.5. The minimum absolute atomic E-state index is 0.364. The molecule has 0 saturated heterocycles. The highest BCUT2D eigenvalue weighted by Gasteiger charge is 2.09. The molecule has 0 aliphatic rings. The van der Waals surface area contributed by atoms with Crippen molar-refractivity contribution in [2.45, 2.75) is 155 Å². The van der Waals surface area contributed by atoms with Crippen molar-refractivity contribution in [3.05, 3.63) is 24.3 Å². The number of aliphatic hydroxyl groups excluding tert-OH is 1. The summed E-state index contributed by atoms with van der Waals surface area (Å²) in [6.07, 6.45) is 40.4. The summed E-state index contributed by atoms with van der Waals surface area (Å²) in [7, 11) is 4.43. The van der Waals surface area contributed by atoms with Crippen LogP contribution in [-0.2, 0) is 0 Å². The maximum atomic E-state index is 8.87. The van der Waals surface area contributed by atoms with Crippen LogP contribution in [0.3, 0.4) is 0 Å². The molecule has 0 spiro atoms. The Morgan fingerprint density at radius 1 is 0.543 bits per heavy atom. The van der Waals surface area contributed by atoms with E-state index in [-0.39, 0.29) is 0 Å². The van der Waals surface area contributed by atoms with Gasteiger partial charge in [-0.15, -0.1) is 0 Å². The van der Waals surface area contributed by atoms with Gasteiger partial charge < -0.3 is 10.0 Å². The number of hydrogen-bond donors (Lipinski definition) is 1. The van der Waals surface area contributed by atoms with Gasteiger partial charge in [0.25, 0.3) is 0 Å². The topological polar surface area (TPSA) is 23.5 Å². The number of nitrogens with zero attached hydrogens (tertiary/aromatic N) is 1. The number of allylic oxidation sites excluding steroid dienone is 4. The molecule has 0 aliphatic carbocycles. The van der Waals surface area contributed by atoms with E-state index in [1.54, 1.807) is 0 Å². The molecule has 1 N–H and O–H groups in total. The van der Waals surface area contributed by atoms with Gasteiger partial charge in [0.1, 0.15) is 0 Å². The highest BCUT2D eigenvalue weighted by atomic mass is 16.2. The Balaban J connectivity index is 3.62. The van der Waals surface area contributed by atoms with Crippen LogP contribution in [0, 0.1) is 5.92 Å². The molecule has 2 nitrogen and oxygen atoms in total. The van der Waals surface area contributed by atoms with Crippen LogP contribution in [0.15, 0.2) is 24.3 Å². The van der Waals surface area contributed by atoms with Crippen LogP contribution in [0.4, 0.5) is 0 Å². The SMILES string of the molecule is CCCCC/C=C\C/C=C\CCCCCCCCCC(CCCCCCCCCO)CCN(C)C. The van der Waals surface area contributed by atoms with E-state index in [9.17, 15) is 0 Å². The average molecular weight is 492 g/mol. The van der Waals surface area contributed by atoms with Gasteiger partial charge in [-0.1, -0.05) is 134 Å². The molecule has 0 bridgehead atoms. The molecule has 0 aromatic rings. The van der Waals surface area contributed by atoms with Gasteiger partial charge in [-0.2, -0.15) is 0 Å². The highest BCUT2D eigenvalue weighted by Crippen LogP contribution is 2.22. The molecule has 0 aromatic carbocycles. The molecule has 0 amide bonds. The van der Waals surface area contributed by atoms with Crippen LogP contribution >= 0.6 is 0 Å². The van der Waals surface area contributed by atoms with Crippen molar-refractivity contribution in [3.63, 3.8) is 0 Å². The van der Waals surface area contributed by atoms with Crippen LogP contribution in [0.2, 0.25) is 0 Å². The first-order valence-corrected chi connectivity index (χ1v) is 15.8. The van der Waals surface area contributed by atoms with Gasteiger partial charge in [0.2, 0.25) is 0 Å². The van der Waals surface area contributed by atoms with E-state index in [4.69, 9.17) is 5.11 Å². The van der Waals surface area contributed by atoms with E-state index in [0.717, 1.165) is 18.8 Å². The minimum Gasteiger partial charge on any atom is -0.396 e. The number of hydrogen-bond acceptors (Lipinski definition) is 2. The summed E-state index contributed by atoms with van der Waals surface area (Å²) < 4.78 is 0. The second-order valence-corrected chi connectivity index (χ2v) is 11.2. The Kier molecular flexibility index (Phi) is 29.1. The fourth-order valence-electron chi connectivity index (χ4n) is 4.90. The summed E-state index contributed by atoms with van der Waals surface area (Å²) in [4.78, 5) is 2.36. The van der Waals surface area contributed by atoms with Gasteiger partial charge in [-0.25, -0.2) is 0 Å². The van der Waals surface area contributed by atoms with Gasteiger partial charge in [-0.3, -0.25) is 0 Å². The normalized spacial score (nSPS) is 13.1.